The van der Waals surface area contributed by atoms with Gasteiger partial charge in [-0.1, -0.05) is 12.1 Å². The first-order chi connectivity index (χ1) is 16.9. The van der Waals surface area contributed by atoms with E-state index in [2.05, 4.69) is 0 Å². The van der Waals surface area contributed by atoms with E-state index in [0.717, 1.165) is 22.7 Å². The molecule has 4 rings (SSSR count). The Morgan fingerprint density at radius 1 is 1.11 bits per heavy atom. The molecule has 2 aliphatic heterocycles. The van der Waals surface area contributed by atoms with Crippen LogP contribution in [0.15, 0.2) is 47.4 Å². The number of imide groups is 1. The number of morpholine rings is 1. The number of halogens is 1. The standard InChI is InChI=1S/C24H21FN2O7S/c1-32-19-11-15(5-6-18(19)34-23(30)16-3-2-4-17(25)13-16)12-20-22(29)27(24(31)35-20)14-21(28)26-7-9-33-10-8-26/h2-6,11-13H,7-10,14H2,1H3/b20-12-. The van der Waals surface area contributed by atoms with Crippen LogP contribution in [-0.2, 0) is 14.3 Å². The third kappa shape index (κ3) is 5.69. The fourth-order valence-corrected chi connectivity index (χ4v) is 4.31. The van der Waals surface area contributed by atoms with Crippen molar-refractivity contribution < 1.29 is 37.8 Å². The quantitative estimate of drug-likeness (QED) is 0.339. The van der Waals surface area contributed by atoms with Crippen molar-refractivity contribution in [2.45, 2.75) is 0 Å². The molecule has 0 aromatic heterocycles. The summed E-state index contributed by atoms with van der Waals surface area (Å²) in [6.07, 6.45) is 1.49. The lowest BCUT2D eigenvalue weighted by molar-refractivity contribution is -0.139. The minimum atomic E-state index is -0.762. The first-order valence-corrected chi connectivity index (χ1v) is 11.4. The summed E-state index contributed by atoms with van der Waals surface area (Å²) < 4.78 is 29.2. The van der Waals surface area contributed by atoms with Gasteiger partial charge in [0.25, 0.3) is 11.1 Å². The average molecular weight is 501 g/mol. The van der Waals surface area contributed by atoms with Crippen molar-refractivity contribution in [2.75, 3.05) is 40.0 Å². The Morgan fingerprint density at radius 2 is 1.89 bits per heavy atom. The number of ether oxygens (including phenoxy) is 3. The highest BCUT2D eigenvalue weighted by molar-refractivity contribution is 8.18. The van der Waals surface area contributed by atoms with Gasteiger partial charge in [0.2, 0.25) is 5.91 Å². The van der Waals surface area contributed by atoms with Crippen LogP contribution in [0.1, 0.15) is 15.9 Å². The first kappa shape index (κ1) is 24.4. The molecular formula is C24H21FN2O7S. The Bertz CT molecular complexity index is 1210. The van der Waals surface area contributed by atoms with Crippen molar-refractivity contribution in [1.82, 2.24) is 9.80 Å². The van der Waals surface area contributed by atoms with Crippen LogP contribution >= 0.6 is 11.8 Å². The van der Waals surface area contributed by atoms with E-state index in [1.54, 1.807) is 11.0 Å². The van der Waals surface area contributed by atoms with Crippen molar-refractivity contribution in [2.24, 2.45) is 0 Å². The summed E-state index contributed by atoms with van der Waals surface area (Å²) in [5.74, 6) is -1.91. The summed E-state index contributed by atoms with van der Waals surface area (Å²) in [5, 5.41) is -0.532. The van der Waals surface area contributed by atoms with E-state index in [1.165, 1.54) is 43.5 Å². The molecule has 0 unspecified atom stereocenters. The van der Waals surface area contributed by atoms with E-state index in [9.17, 15) is 23.6 Å². The molecule has 9 nitrogen and oxygen atoms in total. The van der Waals surface area contributed by atoms with Crippen LogP contribution in [0, 0.1) is 5.82 Å². The van der Waals surface area contributed by atoms with E-state index in [1.807, 2.05) is 0 Å². The van der Waals surface area contributed by atoms with Gasteiger partial charge in [-0.25, -0.2) is 9.18 Å². The van der Waals surface area contributed by atoms with Gasteiger partial charge in [-0.3, -0.25) is 19.3 Å². The Labute approximate surface area is 204 Å². The number of thioether (sulfide) groups is 1. The lowest BCUT2D eigenvalue weighted by Crippen LogP contribution is -2.46. The number of hydrogen-bond donors (Lipinski definition) is 0. The van der Waals surface area contributed by atoms with E-state index < -0.39 is 22.9 Å². The Morgan fingerprint density at radius 3 is 2.60 bits per heavy atom. The predicted octanol–water partition coefficient (Wildman–Crippen LogP) is 2.95. The highest BCUT2D eigenvalue weighted by Crippen LogP contribution is 2.34. The van der Waals surface area contributed by atoms with Gasteiger partial charge in [-0.05, 0) is 53.7 Å². The number of nitrogens with zero attached hydrogens (tertiary/aromatic N) is 2. The number of methoxy groups -OCH3 is 1. The monoisotopic (exact) mass is 500 g/mol. The van der Waals surface area contributed by atoms with E-state index in [0.29, 0.717) is 31.9 Å². The van der Waals surface area contributed by atoms with Crippen LogP contribution in [0.25, 0.3) is 6.08 Å². The Balaban J connectivity index is 1.47. The maximum atomic E-state index is 13.4. The first-order valence-electron chi connectivity index (χ1n) is 10.6. The van der Waals surface area contributed by atoms with Gasteiger partial charge in [0.15, 0.2) is 11.5 Å². The molecular weight excluding hydrogens is 479 g/mol. The normalized spacial score (nSPS) is 17.1. The number of amides is 3. The van der Waals surface area contributed by atoms with Crippen LogP contribution in [0.5, 0.6) is 11.5 Å². The summed E-state index contributed by atoms with van der Waals surface area (Å²) >= 11 is 0.734. The second-order valence-electron chi connectivity index (χ2n) is 7.57. The zero-order valence-corrected chi connectivity index (χ0v) is 19.5. The third-order valence-electron chi connectivity index (χ3n) is 5.28. The molecule has 2 aliphatic rings. The van der Waals surface area contributed by atoms with Crippen LogP contribution in [-0.4, -0.2) is 72.8 Å². The number of benzene rings is 2. The molecule has 11 heteroatoms. The molecule has 35 heavy (non-hydrogen) atoms. The smallest absolute Gasteiger partial charge is 0.343 e. The largest absolute Gasteiger partial charge is 0.493 e. The van der Waals surface area contributed by atoms with Crippen molar-refractivity contribution in [1.29, 1.82) is 0 Å². The molecule has 3 amide bonds. The summed E-state index contributed by atoms with van der Waals surface area (Å²) in [7, 11) is 1.38. The fraction of sp³-hybridized carbons (Fsp3) is 0.250. The minimum absolute atomic E-state index is 0.0384. The van der Waals surface area contributed by atoms with Crippen molar-refractivity contribution >= 4 is 40.9 Å². The SMILES string of the molecule is COc1cc(/C=C2\SC(=O)N(CC(=O)N3CCOCC3)C2=O)ccc1OC(=O)c1cccc(F)c1. The molecule has 0 bridgehead atoms. The lowest BCUT2D eigenvalue weighted by atomic mass is 10.1. The predicted molar refractivity (Wildman–Crippen MR) is 124 cm³/mol. The lowest BCUT2D eigenvalue weighted by Gasteiger charge is -2.28. The summed E-state index contributed by atoms with van der Waals surface area (Å²) in [4.78, 5) is 52.6. The number of hydrogen-bond acceptors (Lipinski definition) is 8. The molecule has 0 atom stereocenters. The number of esters is 1. The molecule has 0 aliphatic carbocycles. The molecule has 182 valence electrons. The minimum Gasteiger partial charge on any atom is -0.493 e. The molecule has 0 N–H and O–H groups in total. The van der Waals surface area contributed by atoms with Gasteiger partial charge in [-0.15, -0.1) is 0 Å². The molecule has 0 saturated carbocycles. The van der Waals surface area contributed by atoms with Crippen LogP contribution in [0.4, 0.5) is 9.18 Å². The van der Waals surface area contributed by atoms with Crippen LogP contribution < -0.4 is 9.47 Å². The molecule has 0 radical (unpaired) electrons. The van der Waals surface area contributed by atoms with Crippen molar-refractivity contribution in [3.63, 3.8) is 0 Å². The maximum absolute atomic E-state index is 13.4. The Hall–Kier alpha value is -3.70. The zero-order chi connectivity index (χ0) is 24.9. The van der Waals surface area contributed by atoms with Gasteiger partial charge < -0.3 is 19.1 Å². The Kier molecular flexibility index (Phi) is 7.47. The molecule has 2 fully saturated rings. The number of rotatable bonds is 6. The molecule has 2 aromatic carbocycles. The maximum Gasteiger partial charge on any atom is 0.343 e. The molecule has 0 spiro atoms. The summed E-state index contributed by atoms with van der Waals surface area (Å²) in [6.45, 7) is 1.34. The van der Waals surface area contributed by atoms with E-state index in [-0.39, 0.29) is 34.4 Å². The highest BCUT2D eigenvalue weighted by Gasteiger charge is 2.37. The summed E-state index contributed by atoms with van der Waals surface area (Å²) in [5.41, 5.74) is 0.550. The van der Waals surface area contributed by atoms with Gasteiger partial charge in [0.05, 0.1) is 30.8 Å². The molecule has 2 heterocycles. The van der Waals surface area contributed by atoms with Crippen molar-refractivity contribution in [3.8, 4) is 11.5 Å². The van der Waals surface area contributed by atoms with Gasteiger partial charge in [0.1, 0.15) is 12.4 Å². The van der Waals surface area contributed by atoms with Gasteiger partial charge in [0, 0.05) is 13.1 Å². The topological polar surface area (TPSA) is 102 Å². The number of carbonyl (C=O) groups excluding carboxylic acids is 4. The van der Waals surface area contributed by atoms with E-state index >= 15 is 0 Å². The van der Waals surface area contributed by atoms with Gasteiger partial charge in [-0.2, -0.15) is 0 Å². The fourth-order valence-electron chi connectivity index (χ4n) is 3.47. The average Bonchev–Trinajstić information content (AvgIpc) is 3.12. The van der Waals surface area contributed by atoms with Gasteiger partial charge >= 0.3 is 5.97 Å². The van der Waals surface area contributed by atoms with E-state index in [4.69, 9.17) is 14.2 Å². The van der Waals surface area contributed by atoms with Crippen molar-refractivity contribution in [3.05, 3.63) is 64.3 Å². The zero-order valence-electron chi connectivity index (χ0n) is 18.7. The second-order valence-corrected chi connectivity index (χ2v) is 8.56. The molecule has 2 aromatic rings. The molecule has 2 saturated heterocycles. The second kappa shape index (κ2) is 10.7. The highest BCUT2D eigenvalue weighted by atomic mass is 32.2. The third-order valence-corrected chi connectivity index (χ3v) is 6.19. The summed E-state index contributed by atoms with van der Waals surface area (Å²) in [6, 6.07) is 9.66. The number of carbonyl (C=O) groups is 4. The van der Waals surface area contributed by atoms with Crippen LogP contribution in [0.2, 0.25) is 0 Å². The van der Waals surface area contributed by atoms with Crippen LogP contribution in [0.3, 0.4) is 0 Å².